The molecule has 2 rings (SSSR count). The highest BCUT2D eigenvalue weighted by Crippen LogP contribution is 2.28. The van der Waals surface area contributed by atoms with Gasteiger partial charge in [-0.2, -0.15) is 0 Å². The first kappa shape index (κ1) is 21.9. The minimum Gasteiger partial charge on any atom is -0.383 e. The number of nitrogens with zero attached hydrogens (tertiary/aromatic N) is 1. The fourth-order valence-corrected chi connectivity index (χ4v) is 2.89. The quantitative estimate of drug-likeness (QED) is 0.613. The van der Waals surface area contributed by atoms with E-state index in [-0.39, 0.29) is 36.6 Å². The second-order valence-corrected chi connectivity index (χ2v) is 6.73. The number of nitrogens with one attached hydrogen (secondary N) is 2. The highest BCUT2D eigenvalue weighted by atomic mass is 79.9. The van der Waals surface area contributed by atoms with E-state index >= 15 is 0 Å². The van der Waals surface area contributed by atoms with Crippen LogP contribution >= 0.6 is 28.3 Å². The van der Waals surface area contributed by atoms with Gasteiger partial charge in [0.15, 0.2) is 0 Å². The van der Waals surface area contributed by atoms with Gasteiger partial charge in [0.2, 0.25) is 11.8 Å². The molecule has 1 aliphatic heterocycles. The fourth-order valence-electron chi connectivity index (χ4n) is 2.65. The van der Waals surface area contributed by atoms with Crippen LogP contribution in [0.15, 0.2) is 22.7 Å². The van der Waals surface area contributed by atoms with E-state index in [0.717, 1.165) is 22.3 Å². The number of carbonyl (C=O) groups excluding carboxylic acids is 2. The monoisotopic (exact) mass is 433 g/mol. The zero-order valence-electron chi connectivity index (χ0n) is 14.5. The number of aryl methyl sites for hydroxylation is 1. The van der Waals surface area contributed by atoms with Crippen LogP contribution in [0.4, 0.5) is 5.69 Å². The van der Waals surface area contributed by atoms with Crippen LogP contribution < -0.4 is 15.5 Å². The summed E-state index contributed by atoms with van der Waals surface area (Å²) in [6.07, 6.45) is 0.262. The normalized spacial score (nSPS) is 16.7. The lowest BCUT2D eigenvalue weighted by atomic mass is 10.1. The minimum absolute atomic E-state index is 0. The molecule has 1 heterocycles. The number of benzene rings is 1. The number of ether oxygens (including phenoxy) is 1. The molecule has 0 aliphatic carbocycles. The third-order valence-electron chi connectivity index (χ3n) is 4.03. The Balaban J connectivity index is 0.00000312. The van der Waals surface area contributed by atoms with E-state index in [1.54, 1.807) is 12.0 Å². The van der Waals surface area contributed by atoms with Gasteiger partial charge >= 0.3 is 0 Å². The molecule has 0 saturated carbocycles. The molecule has 8 heteroatoms. The van der Waals surface area contributed by atoms with Crippen molar-refractivity contribution in [3.63, 3.8) is 0 Å². The zero-order valence-corrected chi connectivity index (χ0v) is 16.9. The number of carbonyl (C=O) groups is 2. The van der Waals surface area contributed by atoms with Crippen molar-refractivity contribution in [3.05, 3.63) is 28.2 Å². The highest BCUT2D eigenvalue weighted by molar-refractivity contribution is 9.10. The van der Waals surface area contributed by atoms with Gasteiger partial charge in [-0.25, -0.2) is 0 Å². The van der Waals surface area contributed by atoms with Crippen LogP contribution in [0, 0.1) is 12.8 Å². The van der Waals surface area contributed by atoms with Crippen molar-refractivity contribution in [2.24, 2.45) is 5.92 Å². The molecular weight excluding hydrogens is 410 g/mol. The van der Waals surface area contributed by atoms with Gasteiger partial charge in [0, 0.05) is 49.9 Å². The van der Waals surface area contributed by atoms with E-state index in [2.05, 4.69) is 26.6 Å². The Labute approximate surface area is 163 Å². The van der Waals surface area contributed by atoms with Crippen molar-refractivity contribution in [1.29, 1.82) is 0 Å². The molecule has 0 aromatic heterocycles. The smallest absolute Gasteiger partial charge is 0.227 e. The summed E-state index contributed by atoms with van der Waals surface area (Å²) in [4.78, 5) is 26.2. The topological polar surface area (TPSA) is 70.7 Å². The van der Waals surface area contributed by atoms with Gasteiger partial charge in [-0.05, 0) is 30.7 Å². The van der Waals surface area contributed by atoms with E-state index in [0.29, 0.717) is 26.2 Å². The number of amides is 2. The molecule has 25 heavy (non-hydrogen) atoms. The van der Waals surface area contributed by atoms with Crippen molar-refractivity contribution in [2.45, 2.75) is 13.3 Å². The highest BCUT2D eigenvalue weighted by Gasteiger charge is 2.35. The number of hydrogen-bond acceptors (Lipinski definition) is 4. The molecule has 1 aromatic carbocycles. The molecule has 1 saturated heterocycles. The first-order valence-electron chi connectivity index (χ1n) is 8.07. The Morgan fingerprint density at radius 1 is 1.36 bits per heavy atom. The van der Waals surface area contributed by atoms with Gasteiger partial charge in [-0.3, -0.25) is 9.59 Å². The van der Waals surface area contributed by atoms with Crippen LogP contribution in [0.25, 0.3) is 0 Å². The van der Waals surface area contributed by atoms with Crippen molar-refractivity contribution in [3.8, 4) is 0 Å². The SMILES string of the molecule is COCCNCCNC(=O)C1CC(=O)N(c2ccc(Br)c(C)c2)C1.Cl. The predicted octanol–water partition coefficient (Wildman–Crippen LogP) is 1.88. The summed E-state index contributed by atoms with van der Waals surface area (Å²) >= 11 is 3.46. The largest absolute Gasteiger partial charge is 0.383 e. The van der Waals surface area contributed by atoms with E-state index in [9.17, 15) is 9.59 Å². The van der Waals surface area contributed by atoms with Crippen molar-refractivity contribution in [1.82, 2.24) is 10.6 Å². The summed E-state index contributed by atoms with van der Waals surface area (Å²) in [6.45, 7) is 5.05. The first-order chi connectivity index (χ1) is 11.5. The Morgan fingerprint density at radius 3 is 2.80 bits per heavy atom. The van der Waals surface area contributed by atoms with Gasteiger partial charge in [0.1, 0.15) is 0 Å². The first-order valence-corrected chi connectivity index (χ1v) is 8.86. The Hall–Kier alpha value is -1.15. The lowest BCUT2D eigenvalue weighted by Crippen LogP contribution is -2.37. The van der Waals surface area contributed by atoms with Gasteiger partial charge in [-0.15, -0.1) is 12.4 Å². The van der Waals surface area contributed by atoms with Gasteiger partial charge in [-0.1, -0.05) is 15.9 Å². The fraction of sp³-hybridized carbons (Fsp3) is 0.529. The molecule has 0 radical (unpaired) electrons. The third kappa shape index (κ3) is 6.26. The van der Waals surface area contributed by atoms with Crippen molar-refractivity contribution >= 4 is 45.8 Å². The molecule has 1 unspecified atom stereocenters. The van der Waals surface area contributed by atoms with Gasteiger partial charge in [0.05, 0.1) is 12.5 Å². The van der Waals surface area contributed by atoms with E-state index in [4.69, 9.17) is 4.74 Å². The van der Waals surface area contributed by atoms with Crippen LogP contribution in [0.3, 0.4) is 0 Å². The Bertz CT molecular complexity index is 601. The van der Waals surface area contributed by atoms with Crippen LogP contribution in [0.5, 0.6) is 0 Å². The maximum atomic E-state index is 12.2. The number of rotatable bonds is 8. The molecule has 140 valence electrons. The van der Waals surface area contributed by atoms with Crippen LogP contribution in [-0.2, 0) is 14.3 Å². The lowest BCUT2D eigenvalue weighted by Gasteiger charge is -2.17. The second-order valence-electron chi connectivity index (χ2n) is 5.87. The number of anilines is 1. The second kappa shape index (κ2) is 10.8. The average molecular weight is 435 g/mol. The van der Waals surface area contributed by atoms with Crippen LogP contribution in [0.1, 0.15) is 12.0 Å². The summed E-state index contributed by atoms with van der Waals surface area (Å²) in [5.41, 5.74) is 1.91. The third-order valence-corrected chi connectivity index (χ3v) is 4.92. The van der Waals surface area contributed by atoms with Crippen LogP contribution in [0.2, 0.25) is 0 Å². The van der Waals surface area contributed by atoms with Crippen LogP contribution in [-0.4, -0.2) is 51.7 Å². The summed E-state index contributed by atoms with van der Waals surface area (Å²) in [5, 5.41) is 6.05. The van der Waals surface area contributed by atoms with Crippen molar-refractivity contribution < 1.29 is 14.3 Å². The molecule has 1 aliphatic rings. The van der Waals surface area contributed by atoms with Crippen molar-refractivity contribution in [2.75, 3.05) is 44.8 Å². The standard InChI is InChI=1S/C17H24BrN3O3.ClH/c1-12-9-14(3-4-15(12)18)21-11-13(10-16(21)22)17(23)20-6-5-19-7-8-24-2;/h3-4,9,13,19H,5-8,10-11H2,1-2H3,(H,20,23);1H. The van der Waals surface area contributed by atoms with E-state index in [1.807, 2.05) is 25.1 Å². The van der Waals surface area contributed by atoms with E-state index in [1.165, 1.54) is 0 Å². The summed E-state index contributed by atoms with van der Waals surface area (Å²) in [6, 6.07) is 5.79. The molecule has 1 fully saturated rings. The number of halogens is 2. The lowest BCUT2D eigenvalue weighted by molar-refractivity contribution is -0.126. The average Bonchev–Trinajstić information content (AvgIpc) is 2.95. The maximum Gasteiger partial charge on any atom is 0.227 e. The number of hydrogen-bond donors (Lipinski definition) is 2. The summed E-state index contributed by atoms with van der Waals surface area (Å²) in [7, 11) is 1.65. The van der Waals surface area contributed by atoms with E-state index < -0.39 is 0 Å². The Kier molecular flexibility index (Phi) is 9.42. The zero-order chi connectivity index (χ0) is 17.5. The molecule has 0 spiro atoms. The molecule has 2 N–H and O–H groups in total. The summed E-state index contributed by atoms with van der Waals surface area (Å²) < 4.78 is 5.94. The van der Waals surface area contributed by atoms with Gasteiger partial charge in [0.25, 0.3) is 0 Å². The molecule has 2 amide bonds. The Morgan fingerprint density at radius 2 is 2.12 bits per heavy atom. The molecule has 1 atom stereocenters. The predicted molar refractivity (Wildman–Crippen MR) is 104 cm³/mol. The number of methoxy groups -OCH3 is 1. The maximum absolute atomic E-state index is 12.2. The van der Waals surface area contributed by atoms with Gasteiger partial charge < -0.3 is 20.3 Å². The molecule has 1 aromatic rings. The summed E-state index contributed by atoms with van der Waals surface area (Å²) in [5.74, 6) is -0.358. The molecule has 0 bridgehead atoms. The molecular formula is C17H25BrClN3O3. The molecule has 6 nitrogen and oxygen atoms in total. The minimum atomic E-state index is -0.291.